The Bertz CT molecular complexity index is 1410. The molecule has 0 radical (unpaired) electrons. The second kappa shape index (κ2) is 10.4. The second-order valence-corrected chi connectivity index (χ2v) is 10.2. The topological polar surface area (TPSA) is 99.5 Å². The van der Waals surface area contributed by atoms with Crippen LogP contribution in [0.2, 0.25) is 10.0 Å². The molecule has 1 amide bonds. The van der Waals surface area contributed by atoms with Crippen molar-refractivity contribution in [2.75, 3.05) is 19.4 Å². The van der Waals surface area contributed by atoms with Gasteiger partial charge in [-0.3, -0.25) is 4.79 Å². The number of benzene rings is 3. The van der Waals surface area contributed by atoms with E-state index in [0.29, 0.717) is 0 Å². The number of anilines is 1. The molecule has 0 aliphatic rings. The summed E-state index contributed by atoms with van der Waals surface area (Å²) in [5, 5.41) is 11.8. The lowest BCUT2D eigenvalue weighted by molar-refractivity contribution is -0.115. The first-order valence-electron chi connectivity index (χ1n) is 9.69. The Morgan fingerprint density at radius 3 is 2.53 bits per heavy atom. The maximum absolute atomic E-state index is 15.2. The van der Waals surface area contributed by atoms with E-state index in [1.54, 1.807) is 6.07 Å². The minimum Gasteiger partial charge on any atom is -0.453 e. The van der Waals surface area contributed by atoms with Crippen molar-refractivity contribution in [2.45, 2.75) is 11.3 Å². The smallest absolute Gasteiger partial charge is 0.244 e. The van der Waals surface area contributed by atoms with E-state index in [-0.39, 0.29) is 43.3 Å². The number of sulfonamides is 1. The molecule has 0 aliphatic heterocycles. The Kier molecular flexibility index (Phi) is 7.79. The highest BCUT2D eigenvalue weighted by molar-refractivity contribution is 7.89. The van der Waals surface area contributed by atoms with Crippen molar-refractivity contribution in [1.29, 1.82) is 5.26 Å². The highest BCUT2D eigenvalue weighted by Gasteiger charge is 2.23. The zero-order valence-electron chi connectivity index (χ0n) is 18.0. The zero-order valence-corrected chi connectivity index (χ0v) is 20.3. The van der Waals surface area contributed by atoms with Crippen LogP contribution < -0.4 is 10.1 Å². The first-order valence-corrected chi connectivity index (χ1v) is 11.9. The zero-order chi connectivity index (χ0) is 25.0. The number of hydrogen-bond acceptors (Lipinski definition) is 5. The van der Waals surface area contributed by atoms with Gasteiger partial charge in [0.2, 0.25) is 15.9 Å². The van der Waals surface area contributed by atoms with Gasteiger partial charge in [-0.1, -0.05) is 41.4 Å². The summed E-state index contributed by atoms with van der Waals surface area (Å²) in [7, 11) is -1.07. The van der Waals surface area contributed by atoms with E-state index < -0.39 is 28.2 Å². The Hall–Kier alpha value is -3.16. The fourth-order valence-corrected chi connectivity index (χ4v) is 4.42. The van der Waals surface area contributed by atoms with E-state index in [0.717, 1.165) is 4.31 Å². The first-order chi connectivity index (χ1) is 16.0. The number of rotatable bonds is 7. The molecule has 3 aromatic carbocycles. The molecule has 0 heterocycles. The highest BCUT2D eigenvalue weighted by atomic mass is 35.5. The molecular weight excluding hydrogens is 504 g/mol. The summed E-state index contributed by atoms with van der Waals surface area (Å²) in [6.45, 7) is 0. The van der Waals surface area contributed by atoms with Gasteiger partial charge in [0.05, 0.1) is 28.8 Å². The van der Waals surface area contributed by atoms with Crippen LogP contribution in [0.25, 0.3) is 0 Å². The Morgan fingerprint density at radius 2 is 1.85 bits per heavy atom. The Balaban J connectivity index is 1.86. The van der Waals surface area contributed by atoms with Crippen molar-refractivity contribution in [3.8, 4) is 17.6 Å². The molecule has 176 valence electrons. The van der Waals surface area contributed by atoms with Crippen LogP contribution >= 0.6 is 23.2 Å². The molecule has 34 heavy (non-hydrogen) atoms. The fourth-order valence-electron chi connectivity index (χ4n) is 2.97. The number of carbonyl (C=O) groups is 1. The molecule has 0 fully saturated rings. The van der Waals surface area contributed by atoms with Gasteiger partial charge in [-0.05, 0) is 36.4 Å². The number of nitrogens with one attached hydrogen (secondary N) is 1. The average molecular weight is 522 g/mol. The molecule has 3 aromatic rings. The SMILES string of the molecule is CN(C)S(=O)(=O)c1ccccc1NC(=O)Cc1ccc(Cl)c(Oc2cc(Cl)cc(C#N)c2)c1F. The van der Waals surface area contributed by atoms with Gasteiger partial charge in [-0.2, -0.15) is 5.26 Å². The van der Waals surface area contributed by atoms with Crippen molar-refractivity contribution in [3.63, 3.8) is 0 Å². The summed E-state index contributed by atoms with van der Waals surface area (Å²) in [6, 6.07) is 14.7. The van der Waals surface area contributed by atoms with Gasteiger partial charge in [0, 0.05) is 24.7 Å². The van der Waals surface area contributed by atoms with Crippen LogP contribution in [-0.2, 0) is 21.2 Å². The van der Waals surface area contributed by atoms with Gasteiger partial charge in [-0.15, -0.1) is 0 Å². The number of amides is 1. The van der Waals surface area contributed by atoms with Crippen LogP contribution in [-0.4, -0.2) is 32.7 Å². The molecule has 1 N–H and O–H groups in total. The van der Waals surface area contributed by atoms with Crippen LogP contribution in [0, 0.1) is 17.1 Å². The fraction of sp³-hybridized carbons (Fsp3) is 0.130. The molecule has 0 aliphatic carbocycles. The molecule has 0 spiro atoms. The third-order valence-corrected chi connectivity index (χ3v) is 7.01. The highest BCUT2D eigenvalue weighted by Crippen LogP contribution is 2.35. The van der Waals surface area contributed by atoms with Crippen LogP contribution in [0.4, 0.5) is 10.1 Å². The lowest BCUT2D eigenvalue weighted by Gasteiger charge is -2.16. The standard InChI is InChI=1S/C23H18Cl2FN3O4S/c1-29(2)34(31,32)20-6-4-3-5-19(20)28-21(30)11-15-7-8-18(25)23(22(15)26)33-17-10-14(13-27)9-16(24)12-17/h3-10,12H,11H2,1-2H3,(H,28,30). The van der Waals surface area contributed by atoms with Crippen molar-refractivity contribution in [2.24, 2.45) is 0 Å². The van der Waals surface area contributed by atoms with Crippen LogP contribution in [0.3, 0.4) is 0 Å². The lowest BCUT2D eigenvalue weighted by atomic mass is 10.1. The molecule has 7 nitrogen and oxygen atoms in total. The summed E-state index contributed by atoms with van der Waals surface area (Å²) < 4.78 is 46.8. The van der Waals surface area contributed by atoms with E-state index in [2.05, 4.69) is 5.32 Å². The summed E-state index contributed by atoms with van der Waals surface area (Å²) in [5.74, 6) is -1.78. The van der Waals surface area contributed by atoms with Gasteiger partial charge in [0.1, 0.15) is 10.6 Å². The third kappa shape index (κ3) is 5.66. The Labute approximate surface area is 206 Å². The number of hydrogen-bond donors (Lipinski definition) is 1. The van der Waals surface area contributed by atoms with Gasteiger partial charge in [0.25, 0.3) is 0 Å². The van der Waals surface area contributed by atoms with Crippen LogP contribution in [0.1, 0.15) is 11.1 Å². The Morgan fingerprint density at radius 1 is 1.15 bits per heavy atom. The van der Waals surface area contributed by atoms with E-state index in [4.69, 9.17) is 33.2 Å². The molecule has 0 atom stereocenters. The van der Waals surface area contributed by atoms with Crippen molar-refractivity contribution in [3.05, 3.63) is 81.6 Å². The van der Waals surface area contributed by atoms with Crippen LogP contribution in [0.5, 0.6) is 11.5 Å². The first kappa shape index (κ1) is 25.5. The molecule has 0 saturated heterocycles. The molecule has 0 bridgehead atoms. The largest absolute Gasteiger partial charge is 0.453 e. The summed E-state index contributed by atoms with van der Waals surface area (Å²) in [5.41, 5.74) is 0.239. The van der Waals surface area contributed by atoms with E-state index >= 15 is 4.39 Å². The van der Waals surface area contributed by atoms with E-state index in [1.165, 1.54) is 62.6 Å². The molecule has 0 saturated carbocycles. The van der Waals surface area contributed by atoms with Crippen molar-refractivity contribution >= 4 is 44.8 Å². The number of nitriles is 1. The van der Waals surface area contributed by atoms with Crippen molar-refractivity contribution < 1.29 is 22.3 Å². The minimum atomic E-state index is -3.82. The molecular formula is C23H18Cl2FN3O4S. The number of carbonyl (C=O) groups excluding carboxylic acids is 1. The predicted octanol–water partition coefficient (Wildman–Crippen LogP) is 5.23. The van der Waals surface area contributed by atoms with Gasteiger partial charge in [-0.25, -0.2) is 17.1 Å². The minimum absolute atomic E-state index is 0.0348. The summed E-state index contributed by atoms with van der Waals surface area (Å²) in [6.07, 6.45) is -0.422. The van der Waals surface area contributed by atoms with Crippen molar-refractivity contribution in [1.82, 2.24) is 4.31 Å². The lowest BCUT2D eigenvalue weighted by Crippen LogP contribution is -2.24. The molecule has 0 unspecified atom stereocenters. The molecule has 11 heteroatoms. The summed E-state index contributed by atoms with van der Waals surface area (Å²) >= 11 is 12.1. The quantitative estimate of drug-likeness (QED) is 0.458. The number of nitrogens with zero attached hydrogens (tertiary/aromatic N) is 2. The van der Waals surface area contributed by atoms with E-state index in [1.807, 2.05) is 6.07 Å². The predicted molar refractivity (Wildman–Crippen MR) is 127 cm³/mol. The van der Waals surface area contributed by atoms with E-state index in [9.17, 15) is 13.2 Å². The number of halogens is 3. The maximum atomic E-state index is 15.2. The van der Waals surface area contributed by atoms with Crippen LogP contribution in [0.15, 0.2) is 59.5 Å². The third-order valence-electron chi connectivity index (χ3n) is 4.62. The number of ether oxygens (including phenoxy) is 1. The van der Waals surface area contributed by atoms with Gasteiger partial charge < -0.3 is 10.1 Å². The molecule has 3 rings (SSSR count). The summed E-state index contributed by atoms with van der Waals surface area (Å²) in [4.78, 5) is 12.6. The normalized spacial score (nSPS) is 11.2. The van der Waals surface area contributed by atoms with Gasteiger partial charge in [0.15, 0.2) is 11.6 Å². The second-order valence-electron chi connectivity index (χ2n) is 7.25. The van der Waals surface area contributed by atoms with Gasteiger partial charge >= 0.3 is 0 Å². The number of para-hydroxylation sites is 1. The average Bonchev–Trinajstić information content (AvgIpc) is 2.78. The monoisotopic (exact) mass is 521 g/mol. The maximum Gasteiger partial charge on any atom is 0.244 e. The molecule has 0 aromatic heterocycles.